The lowest BCUT2D eigenvalue weighted by Crippen LogP contribution is -2.51. The minimum atomic E-state index is -0.611. The largest absolute Gasteiger partial charge is 0.462 e. The first-order chi connectivity index (χ1) is 33.3. The van der Waals surface area contributed by atoms with Crippen LogP contribution in [0.1, 0.15) is 245 Å². The Kier molecular flexibility index (Phi) is 22.8. The van der Waals surface area contributed by atoms with Crippen LogP contribution in [-0.4, -0.2) is 83.5 Å². The quantitative estimate of drug-likeness (QED) is 0.0210. The first kappa shape index (κ1) is 60.7. The number of amidine groups is 1. The molecule has 3 fully saturated rings. The van der Waals surface area contributed by atoms with E-state index in [1.807, 2.05) is 46.4 Å². The number of nitrogens with zero attached hydrogens (tertiary/aromatic N) is 1. The zero-order chi connectivity index (χ0) is 52.8. The Labute approximate surface area is 434 Å². The van der Waals surface area contributed by atoms with E-state index >= 15 is 0 Å². The SMILES string of the molecule is CCC(CC)(CCNCCCCN(CCC(CC)(CC)NC(=O)OC(C)(C)C)C(=O)CCCC(=O)O[C@H]1CC[C@@]2(C)C(=CC[C@H]3[C@@H]4CC[C@H]([C@H](C)CCCC(C)C)[C@@]4(C)CC[C@@H]32)C1)NC(=N)OC(C)(C)C. The van der Waals surface area contributed by atoms with Crippen LogP contribution in [0.4, 0.5) is 4.79 Å². The Hall–Kier alpha value is -2.82. The van der Waals surface area contributed by atoms with E-state index < -0.39 is 22.8 Å². The highest BCUT2D eigenvalue weighted by atomic mass is 16.6. The van der Waals surface area contributed by atoms with Gasteiger partial charge in [0.2, 0.25) is 5.91 Å². The van der Waals surface area contributed by atoms with Crippen LogP contribution in [0.25, 0.3) is 0 Å². The molecule has 11 heteroatoms. The fourth-order valence-corrected chi connectivity index (χ4v) is 14.0. The van der Waals surface area contributed by atoms with E-state index in [0.717, 1.165) is 100.0 Å². The molecular formula is C60H109N5O6. The summed E-state index contributed by atoms with van der Waals surface area (Å²) in [4.78, 5) is 42.5. The second-order valence-corrected chi connectivity index (χ2v) is 26.1. The van der Waals surface area contributed by atoms with E-state index in [0.29, 0.717) is 44.2 Å². The summed E-state index contributed by atoms with van der Waals surface area (Å²) in [6, 6.07) is 0.117. The van der Waals surface area contributed by atoms with Crippen LogP contribution in [0.5, 0.6) is 0 Å². The van der Waals surface area contributed by atoms with Gasteiger partial charge in [-0.2, -0.15) is 0 Å². The fourth-order valence-electron chi connectivity index (χ4n) is 14.0. The van der Waals surface area contributed by atoms with Crippen molar-refractivity contribution in [3.05, 3.63) is 11.6 Å². The molecular weight excluding hydrogens is 887 g/mol. The summed E-state index contributed by atoms with van der Waals surface area (Å²) >= 11 is 0. The molecule has 0 unspecified atom stereocenters. The van der Waals surface area contributed by atoms with Crippen LogP contribution in [0.2, 0.25) is 0 Å². The maximum absolute atomic E-state index is 14.1. The normalized spacial score (nSPS) is 26.1. The molecule has 0 spiro atoms. The molecule has 4 rings (SSSR count). The van der Waals surface area contributed by atoms with E-state index in [2.05, 4.69) is 84.3 Å². The number of amides is 2. The first-order valence-corrected chi connectivity index (χ1v) is 29.2. The van der Waals surface area contributed by atoms with Gasteiger partial charge in [0.1, 0.15) is 17.3 Å². The monoisotopic (exact) mass is 996 g/mol. The molecule has 4 aliphatic carbocycles. The summed E-state index contributed by atoms with van der Waals surface area (Å²) in [5.41, 5.74) is 0.448. The molecule has 410 valence electrons. The molecule has 4 N–H and O–H groups in total. The molecule has 0 aliphatic heterocycles. The number of rotatable bonds is 27. The molecule has 0 aromatic heterocycles. The maximum atomic E-state index is 14.1. The zero-order valence-corrected chi connectivity index (χ0v) is 48.4. The number of allylic oxidation sites excluding steroid dienone is 1. The number of carbonyl (C=O) groups excluding carboxylic acids is 3. The minimum Gasteiger partial charge on any atom is -0.462 e. The van der Waals surface area contributed by atoms with Gasteiger partial charge >= 0.3 is 12.1 Å². The highest BCUT2D eigenvalue weighted by molar-refractivity contribution is 5.77. The predicted molar refractivity (Wildman–Crippen MR) is 292 cm³/mol. The van der Waals surface area contributed by atoms with Crippen LogP contribution in [-0.2, 0) is 23.8 Å². The summed E-state index contributed by atoms with van der Waals surface area (Å²) in [6.45, 7) is 35.2. The standard InChI is InChI=1S/C60H109N5O6/c1-16-59(17-2,63-53(61)70-55(8,9)10)36-39-62-38-20-21-40-65(41-37-60(18-3,19-4)64-54(68)71-56(11,12)13)51(66)26-23-27-52(67)69-46-32-34-57(14)45(42-46)28-29-47-49-31-30-48(44(7)25-22-24-43(5)6)58(49,15)35-33-50(47)57/h28,43-44,46-50,62H,16-27,29-42H2,1-15H3,(H2,61,63)(H,64,68)/t44-,46+,47+,48-,49+,50+,57+,58-/m1/s1. The molecule has 0 aromatic rings. The van der Waals surface area contributed by atoms with E-state index in [-0.39, 0.29) is 47.8 Å². The Balaban J connectivity index is 1.30. The second kappa shape index (κ2) is 26.6. The Morgan fingerprint density at radius 1 is 0.746 bits per heavy atom. The summed E-state index contributed by atoms with van der Waals surface area (Å²) in [5, 5.41) is 18.5. The molecule has 8 atom stereocenters. The van der Waals surface area contributed by atoms with Gasteiger partial charge in [-0.05, 0) is 204 Å². The number of unbranched alkanes of at least 4 members (excludes halogenated alkanes) is 1. The number of ether oxygens (including phenoxy) is 3. The smallest absolute Gasteiger partial charge is 0.408 e. The number of hydrogen-bond donors (Lipinski definition) is 4. The van der Waals surface area contributed by atoms with Crippen molar-refractivity contribution < 1.29 is 28.6 Å². The summed E-state index contributed by atoms with van der Waals surface area (Å²) in [7, 11) is 0. The third kappa shape index (κ3) is 17.4. The van der Waals surface area contributed by atoms with Gasteiger partial charge in [-0.1, -0.05) is 93.2 Å². The molecule has 11 nitrogen and oxygen atoms in total. The molecule has 0 bridgehead atoms. The first-order valence-electron chi connectivity index (χ1n) is 29.2. The maximum Gasteiger partial charge on any atom is 0.408 e. The van der Waals surface area contributed by atoms with E-state index in [1.165, 1.54) is 56.9 Å². The van der Waals surface area contributed by atoms with Gasteiger partial charge in [0.15, 0.2) is 0 Å². The lowest BCUT2D eigenvalue weighted by molar-refractivity contribution is -0.151. The van der Waals surface area contributed by atoms with Gasteiger partial charge in [0.25, 0.3) is 6.02 Å². The van der Waals surface area contributed by atoms with Crippen molar-refractivity contribution >= 4 is 24.0 Å². The number of carbonyl (C=O) groups is 3. The zero-order valence-electron chi connectivity index (χ0n) is 48.4. The van der Waals surface area contributed by atoms with Gasteiger partial charge in [0.05, 0.1) is 0 Å². The average molecular weight is 997 g/mol. The van der Waals surface area contributed by atoms with E-state index in [1.54, 1.807) is 0 Å². The molecule has 3 saturated carbocycles. The van der Waals surface area contributed by atoms with Crippen LogP contribution < -0.4 is 16.0 Å². The molecule has 71 heavy (non-hydrogen) atoms. The topological polar surface area (TPSA) is 142 Å². The van der Waals surface area contributed by atoms with E-state index in [9.17, 15) is 14.4 Å². The molecule has 2 amide bonds. The van der Waals surface area contributed by atoms with Gasteiger partial charge < -0.3 is 35.1 Å². The molecule has 0 aromatic carbocycles. The third-order valence-electron chi connectivity index (χ3n) is 18.6. The predicted octanol–water partition coefficient (Wildman–Crippen LogP) is 14.1. The highest BCUT2D eigenvalue weighted by Gasteiger charge is 2.59. The van der Waals surface area contributed by atoms with E-state index in [4.69, 9.17) is 19.6 Å². The number of alkyl carbamates (subject to hydrolysis) is 1. The molecule has 0 heterocycles. The molecule has 4 aliphatic rings. The molecule has 0 saturated heterocycles. The van der Waals surface area contributed by atoms with Crippen molar-refractivity contribution in [2.75, 3.05) is 26.2 Å². The van der Waals surface area contributed by atoms with Crippen molar-refractivity contribution in [2.45, 2.75) is 273 Å². The summed E-state index contributed by atoms with van der Waals surface area (Å²) in [5.74, 6) is 4.67. The van der Waals surface area contributed by atoms with Crippen LogP contribution >= 0.6 is 0 Å². The van der Waals surface area contributed by atoms with Crippen molar-refractivity contribution in [1.82, 2.24) is 20.9 Å². The van der Waals surface area contributed by atoms with Crippen molar-refractivity contribution in [3.8, 4) is 0 Å². The van der Waals surface area contributed by atoms with Crippen molar-refractivity contribution in [3.63, 3.8) is 0 Å². The van der Waals surface area contributed by atoms with Gasteiger partial charge in [-0.25, -0.2) is 4.79 Å². The Morgan fingerprint density at radius 2 is 1.41 bits per heavy atom. The lowest BCUT2D eigenvalue weighted by Gasteiger charge is -2.58. The fraction of sp³-hybridized carbons (Fsp3) is 0.900. The van der Waals surface area contributed by atoms with Crippen molar-refractivity contribution in [1.29, 1.82) is 5.41 Å². The van der Waals surface area contributed by atoms with Crippen LogP contribution in [0.3, 0.4) is 0 Å². The summed E-state index contributed by atoms with van der Waals surface area (Å²) in [6.07, 6.45) is 23.1. The average Bonchev–Trinajstić information content (AvgIpc) is 3.64. The Morgan fingerprint density at radius 3 is 2.04 bits per heavy atom. The highest BCUT2D eigenvalue weighted by Crippen LogP contribution is 2.67. The third-order valence-corrected chi connectivity index (χ3v) is 18.6. The number of esters is 1. The van der Waals surface area contributed by atoms with Gasteiger partial charge in [-0.15, -0.1) is 0 Å². The number of nitrogens with one attached hydrogen (secondary N) is 4. The summed E-state index contributed by atoms with van der Waals surface area (Å²) < 4.78 is 17.7. The van der Waals surface area contributed by atoms with Gasteiger partial charge in [0, 0.05) is 43.4 Å². The van der Waals surface area contributed by atoms with Crippen LogP contribution in [0.15, 0.2) is 11.6 Å². The lowest BCUT2D eigenvalue weighted by atomic mass is 9.47. The number of hydrogen-bond acceptors (Lipinski definition) is 8. The van der Waals surface area contributed by atoms with Gasteiger partial charge in [-0.3, -0.25) is 15.0 Å². The van der Waals surface area contributed by atoms with Crippen LogP contribution in [0, 0.1) is 51.7 Å². The minimum absolute atomic E-state index is 0.0407. The second-order valence-electron chi connectivity index (χ2n) is 26.1. The number of fused-ring (bicyclic) bond motifs is 5. The van der Waals surface area contributed by atoms with Crippen molar-refractivity contribution in [2.24, 2.45) is 46.3 Å². The molecule has 0 radical (unpaired) electrons. The Bertz CT molecular complexity index is 1720.